The van der Waals surface area contributed by atoms with Gasteiger partial charge in [0.1, 0.15) is 11.9 Å². The molecule has 1 unspecified atom stereocenters. The number of imidazole rings is 1. The minimum Gasteiger partial charge on any atom is -0.495 e. The monoisotopic (exact) mass is 438 g/mol. The molecule has 0 fully saturated rings. The summed E-state index contributed by atoms with van der Waals surface area (Å²) in [6.07, 6.45) is 7.27. The lowest BCUT2D eigenvalue weighted by Gasteiger charge is -2.23. The van der Waals surface area contributed by atoms with Gasteiger partial charge in [0.25, 0.3) is 0 Å². The van der Waals surface area contributed by atoms with Gasteiger partial charge in [0.15, 0.2) is 11.6 Å². The summed E-state index contributed by atoms with van der Waals surface area (Å²) in [6.45, 7) is 3.15. The van der Waals surface area contributed by atoms with E-state index in [0.717, 1.165) is 34.1 Å². The number of aryl methyl sites for hydroxylation is 1. The average molecular weight is 438 g/mol. The Balaban J connectivity index is 1.40. The molecular formula is C25H22N6O2. The normalized spacial score (nSPS) is 15.4. The van der Waals surface area contributed by atoms with Crippen LogP contribution in [0.1, 0.15) is 40.1 Å². The summed E-state index contributed by atoms with van der Waals surface area (Å²) in [5.74, 6) is 2.12. The summed E-state index contributed by atoms with van der Waals surface area (Å²) in [5, 5.41) is 13.7. The van der Waals surface area contributed by atoms with Gasteiger partial charge in [0.05, 0.1) is 49.6 Å². The Morgan fingerprint density at radius 2 is 2.03 bits per heavy atom. The summed E-state index contributed by atoms with van der Waals surface area (Å²) >= 11 is 0. The first-order valence-electron chi connectivity index (χ1n) is 10.6. The summed E-state index contributed by atoms with van der Waals surface area (Å²) in [5.41, 5.74) is 4.41. The molecule has 33 heavy (non-hydrogen) atoms. The molecular weight excluding hydrogens is 416 g/mol. The Morgan fingerprint density at radius 3 is 2.76 bits per heavy atom. The van der Waals surface area contributed by atoms with Crippen molar-refractivity contribution in [2.75, 3.05) is 13.7 Å². The van der Waals surface area contributed by atoms with Gasteiger partial charge in [-0.1, -0.05) is 24.3 Å². The average Bonchev–Trinajstić information content (AvgIpc) is 3.48. The van der Waals surface area contributed by atoms with Crippen molar-refractivity contribution in [1.29, 1.82) is 5.26 Å². The van der Waals surface area contributed by atoms with Gasteiger partial charge in [-0.25, -0.2) is 14.6 Å². The highest BCUT2D eigenvalue weighted by atomic mass is 16.5. The van der Waals surface area contributed by atoms with Crippen molar-refractivity contribution < 1.29 is 9.47 Å². The second-order valence-electron chi connectivity index (χ2n) is 7.72. The fourth-order valence-electron chi connectivity index (χ4n) is 3.85. The maximum Gasteiger partial charge on any atom is 0.174 e. The number of ether oxygens (including phenoxy) is 2. The zero-order chi connectivity index (χ0) is 22.8. The molecule has 0 amide bonds. The lowest BCUT2D eigenvalue weighted by atomic mass is 10.1. The molecule has 0 saturated carbocycles. The van der Waals surface area contributed by atoms with Gasteiger partial charge < -0.3 is 14.0 Å². The Morgan fingerprint density at radius 1 is 1.18 bits per heavy atom. The Hall–Kier alpha value is -4.22. The molecule has 8 heteroatoms. The van der Waals surface area contributed by atoms with Gasteiger partial charge in [0, 0.05) is 6.20 Å². The lowest BCUT2D eigenvalue weighted by molar-refractivity contribution is 0.0390. The van der Waals surface area contributed by atoms with E-state index in [1.165, 1.54) is 0 Å². The second kappa shape index (κ2) is 8.73. The molecule has 2 aromatic heterocycles. The molecule has 3 heterocycles. The van der Waals surface area contributed by atoms with Gasteiger partial charge in [-0.2, -0.15) is 10.4 Å². The molecule has 0 spiro atoms. The van der Waals surface area contributed by atoms with E-state index < -0.39 is 0 Å². The van der Waals surface area contributed by atoms with Crippen LogP contribution in [0, 0.1) is 18.3 Å². The minimum absolute atomic E-state index is 0.306. The molecule has 0 radical (unpaired) electrons. The van der Waals surface area contributed by atoms with Crippen LogP contribution in [0.2, 0.25) is 0 Å². The Bertz CT molecular complexity index is 1360. The van der Waals surface area contributed by atoms with Gasteiger partial charge in [-0.3, -0.25) is 0 Å². The molecule has 1 atom stereocenters. The van der Waals surface area contributed by atoms with Crippen LogP contribution in [0.4, 0.5) is 0 Å². The van der Waals surface area contributed by atoms with Crippen LogP contribution in [0.25, 0.3) is 17.8 Å². The molecule has 5 rings (SSSR count). The lowest BCUT2D eigenvalue weighted by Crippen LogP contribution is -2.23. The molecule has 8 nitrogen and oxygen atoms in total. The summed E-state index contributed by atoms with van der Waals surface area (Å²) in [4.78, 5) is 8.99. The fraction of sp³-hybridized carbons (Fsp3) is 0.200. The number of hydrogen-bond acceptors (Lipinski definition) is 6. The quantitative estimate of drug-likeness (QED) is 0.469. The van der Waals surface area contributed by atoms with Crippen LogP contribution in [-0.4, -0.2) is 38.0 Å². The third kappa shape index (κ3) is 4.14. The first kappa shape index (κ1) is 20.7. The molecule has 0 bridgehead atoms. The van der Waals surface area contributed by atoms with Crippen molar-refractivity contribution in [2.24, 2.45) is 0 Å². The highest BCUT2D eigenvalue weighted by Crippen LogP contribution is 2.29. The van der Waals surface area contributed by atoms with Gasteiger partial charge in [-0.15, -0.1) is 0 Å². The summed E-state index contributed by atoms with van der Waals surface area (Å²) < 4.78 is 15.4. The molecule has 2 aromatic carbocycles. The molecule has 164 valence electrons. The SMILES string of the molecule is COc1cc(/C=C/c2nc3n(n2)CCOC3c2ccc(C#N)cc2)ccc1-n1cnc(C)c1. The van der Waals surface area contributed by atoms with E-state index in [9.17, 15) is 0 Å². The van der Waals surface area contributed by atoms with Crippen LogP contribution in [0.3, 0.4) is 0 Å². The van der Waals surface area contributed by atoms with Crippen molar-refractivity contribution in [3.63, 3.8) is 0 Å². The molecule has 1 aliphatic rings. The number of rotatable bonds is 5. The zero-order valence-electron chi connectivity index (χ0n) is 18.3. The Labute approximate surface area is 191 Å². The molecule has 1 aliphatic heterocycles. The number of aromatic nitrogens is 5. The van der Waals surface area contributed by atoms with E-state index in [-0.39, 0.29) is 6.10 Å². The van der Waals surface area contributed by atoms with Gasteiger partial charge in [0.2, 0.25) is 0 Å². The third-order valence-electron chi connectivity index (χ3n) is 5.50. The van der Waals surface area contributed by atoms with E-state index in [4.69, 9.17) is 19.7 Å². The maximum absolute atomic E-state index is 9.03. The summed E-state index contributed by atoms with van der Waals surface area (Å²) in [7, 11) is 1.66. The van der Waals surface area contributed by atoms with E-state index in [0.29, 0.717) is 24.5 Å². The fourth-order valence-corrected chi connectivity index (χ4v) is 3.85. The molecule has 0 N–H and O–H groups in total. The summed E-state index contributed by atoms with van der Waals surface area (Å²) in [6, 6.07) is 15.5. The van der Waals surface area contributed by atoms with E-state index in [2.05, 4.69) is 16.2 Å². The molecule has 0 aliphatic carbocycles. The van der Waals surface area contributed by atoms with Crippen LogP contribution >= 0.6 is 0 Å². The number of methoxy groups -OCH3 is 1. The number of nitriles is 1. The first-order chi connectivity index (χ1) is 16.1. The standard InChI is InChI=1S/C25H22N6O2/c1-17-15-30(16-27-17)21-9-5-18(13-22(21)32-2)6-10-23-28-25-24(33-12-11-31(25)29-23)20-7-3-19(14-26)4-8-20/h3-10,13,15-16,24H,11-12H2,1-2H3/b10-6+. The number of hydrogen-bond donors (Lipinski definition) is 0. The van der Waals surface area contributed by atoms with Crippen molar-refractivity contribution >= 4 is 12.2 Å². The zero-order valence-corrected chi connectivity index (χ0v) is 18.3. The van der Waals surface area contributed by atoms with Crippen molar-refractivity contribution in [1.82, 2.24) is 24.3 Å². The first-order valence-corrected chi connectivity index (χ1v) is 10.6. The van der Waals surface area contributed by atoms with Gasteiger partial charge >= 0.3 is 0 Å². The van der Waals surface area contributed by atoms with Crippen LogP contribution < -0.4 is 4.74 Å². The van der Waals surface area contributed by atoms with Crippen LogP contribution in [0.5, 0.6) is 5.75 Å². The van der Waals surface area contributed by atoms with Crippen molar-refractivity contribution in [2.45, 2.75) is 19.6 Å². The molecule has 4 aromatic rings. The van der Waals surface area contributed by atoms with Crippen molar-refractivity contribution in [3.8, 4) is 17.5 Å². The van der Waals surface area contributed by atoms with Gasteiger partial charge in [-0.05, 0) is 48.4 Å². The number of fused-ring (bicyclic) bond motifs is 1. The third-order valence-corrected chi connectivity index (χ3v) is 5.50. The topological polar surface area (TPSA) is 90.8 Å². The maximum atomic E-state index is 9.03. The minimum atomic E-state index is -0.306. The van der Waals surface area contributed by atoms with E-state index in [1.54, 1.807) is 25.6 Å². The largest absolute Gasteiger partial charge is 0.495 e. The highest BCUT2D eigenvalue weighted by molar-refractivity contribution is 5.69. The Kier molecular flexibility index (Phi) is 5.47. The predicted octanol–water partition coefficient (Wildman–Crippen LogP) is 3.94. The molecule has 0 saturated heterocycles. The van der Waals surface area contributed by atoms with E-state index in [1.807, 2.05) is 64.9 Å². The number of benzene rings is 2. The second-order valence-corrected chi connectivity index (χ2v) is 7.72. The van der Waals surface area contributed by atoms with Crippen LogP contribution in [-0.2, 0) is 11.3 Å². The number of nitrogens with zero attached hydrogens (tertiary/aromatic N) is 6. The van der Waals surface area contributed by atoms with E-state index >= 15 is 0 Å². The predicted molar refractivity (Wildman–Crippen MR) is 123 cm³/mol. The van der Waals surface area contributed by atoms with Crippen LogP contribution in [0.15, 0.2) is 55.0 Å². The highest BCUT2D eigenvalue weighted by Gasteiger charge is 2.26. The smallest absolute Gasteiger partial charge is 0.174 e. The van der Waals surface area contributed by atoms with Crippen molar-refractivity contribution in [3.05, 3.63) is 89.0 Å².